The fourth-order valence-electron chi connectivity index (χ4n) is 4.80. The summed E-state index contributed by atoms with van der Waals surface area (Å²) in [6.45, 7) is 4.95. The molecule has 0 radical (unpaired) electrons. The highest BCUT2D eigenvalue weighted by molar-refractivity contribution is 7.19. The van der Waals surface area contributed by atoms with Crippen LogP contribution in [0.1, 0.15) is 49.7 Å². The summed E-state index contributed by atoms with van der Waals surface area (Å²) in [6, 6.07) is 7.16. The van der Waals surface area contributed by atoms with E-state index in [9.17, 15) is 19.5 Å². The summed E-state index contributed by atoms with van der Waals surface area (Å²) in [5.41, 5.74) is -2.29. The normalized spacial score (nSPS) is 17.0. The van der Waals surface area contributed by atoms with Gasteiger partial charge in [-0.15, -0.1) is 11.3 Å². The molecule has 1 aliphatic heterocycles. The number of fused-ring (bicyclic) bond motifs is 1. The van der Waals surface area contributed by atoms with Crippen LogP contribution in [0.3, 0.4) is 0 Å². The molecule has 0 saturated carbocycles. The van der Waals surface area contributed by atoms with Crippen LogP contribution in [0.5, 0.6) is 0 Å². The van der Waals surface area contributed by atoms with Gasteiger partial charge in [-0.2, -0.15) is 0 Å². The lowest BCUT2D eigenvalue weighted by molar-refractivity contribution is -0.192. The van der Waals surface area contributed by atoms with Gasteiger partial charge in [0.05, 0.1) is 23.7 Å². The minimum absolute atomic E-state index is 0.0418. The average molecular weight is 574 g/mol. The monoisotopic (exact) mass is 573 g/mol. The molecule has 4 heterocycles. The quantitative estimate of drug-likeness (QED) is 0.314. The Balaban J connectivity index is 1.76. The highest BCUT2D eigenvalue weighted by Crippen LogP contribution is 2.37. The van der Waals surface area contributed by atoms with Crippen LogP contribution in [0.4, 0.5) is 0 Å². The fourth-order valence-corrected chi connectivity index (χ4v) is 6.19. The van der Waals surface area contributed by atoms with E-state index >= 15 is 0 Å². The van der Waals surface area contributed by atoms with Crippen LogP contribution >= 0.6 is 22.9 Å². The molecule has 1 fully saturated rings. The van der Waals surface area contributed by atoms with Crippen LogP contribution < -0.4 is 11.2 Å². The van der Waals surface area contributed by atoms with Crippen molar-refractivity contribution < 1.29 is 23.8 Å². The number of oxazole rings is 1. The van der Waals surface area contributed by atoms with E-state index in [1.807, 2.05) is 12.1 Å². The highest BCUT2D eigenvalue weighted by atomic mass is 35.5. The number of hydrogen-bond acceptors (Lipinski definition) is 8. The first kappa shape index (κ1) is 27.3. The Labute approximate surface area is 232 Å². The van der Waals surface area contributed by atoms with Crippen molar-refractivity contribution in [1.29, 1.82) is 0 Å². The Morgan fingerprint density at radius 2 is 2.08 bits per heavy atom. The summed E-state index contributed by atoms with van der Waals surface area (Å²) < 4.78 is 19.9. The lowest BCUT2D eigenvalue weighted by Crippen LogP contribution is -2.52. The Morgan fingerprint density at radius 1 is 1.31 bits per heavy atom. The van der Waals surface area contributed by atoms with Crippen LogP contribution in [0.2, 0.25) is 5.02 Å². The van der Waals surface area contributed by atoms with Crippen molar-refractivity contribution in [3.63, 3.8) is 0 Å². The largest absolute Gasteiger partial charge is 0.480 e. The molecule has 5 rings (SSSR count). The van der Waals surface area contributed by atoms with E-state index in [0.29, 0.717) is 38.9 Å². The summed E-state index contributed by atoms with van der Waals surface area (Å²) in [5.74, 6) is -1.12. The second-order valence-electron chi connectivity index (χ2n) is 9.89. The number of hydrogen-bond donors (Lipinski definition) is 1. The SMILES string of the molecule is Cc1sc2c(c1-c1ncco1)c(=O)n(C(C)(C)C(=O)O)c(=O)n2C[C@H](OC1CCCCO1)c1ccccc1Cl. The van der Waals surface area contributed by atoms with Crippen molar-refractivity contribution in [2.24, 2.45) is 0 Å². The van der Waals surface area contributed by atoms with Crippen molar-refractivity contribution in [3.05, 3.63) is 73.0 Å². The third-order valence-corrected chi connectivity index (χ3v) is 8.41. The number of thiophene rings is 1. The average Bonchev–Trinajstić information content (AvgIpc) is 3.54. The molecule has 0 aliphatic carbocycles. The number of carboxylic acid groups (broad SMARTS) is 1. The van der Waals surface area contributed by atoms with E-state index < -0.39 is 35.2 Å². The van der Waals surface area contributed by atoms with E-state index in [1.54, 1.807) is 19.1 Å². The number of benzene rings is 1. The molecule has 2 atom stereocenters. The maximum Gasteiger partial charge on any atom is 0.333 e. The molecule has 39 heavy (non-hydrogen) atoms. The predicted octanol–water partition coefficient (Wildman–Crippen LogP) is 4.95. The summed E-state index contributed by atoms with van der Waals surface area (Å²) in [7, 11) is 0. The van der Waals surface area contributed by atoms with E-state index in [1.165, 1.54) is 42.2 Å². The number of halogens is 1. The topological polar surface area (TPSA) is 126 Å². The molecule has 0 bridgehead atoms. The van der Waals surface area contributed by atoms with E-state index in [4.69, 9.17) is 25.5 Å². The Kier molecular flexibility index (Phi) is 7.51. The van der Waals surface area contributed by atoms with Gasteiger partial charge in [0.1, 0.15) is 22.7 Å². The van der Waals surface area contributed by atoms with E-state index in [0.717, 1.165) is 17.4 Å². The number of ether oxygens (including phenoxy) is 2. The van der Waals surface area contributed by atoms with Gasteiger partial charge in [-0.3, -0.25) is 9.36 Å². The predicted molar refractivity (Wildman–Crippen MR) is 146 cm³/mol. The molecule has 206 valence electrons. The van der Waals surface area contributed by atoms with Crippen LogP contribution in [-0.2, 0) is 26.4 Å². The Morgan fingerprint density at radius 3 is 2.72 bits per heavy atom. The molecular weight excluding hydrogens is 546 g/mol. The lowest BCUT2D eigenvalue weighted by atomic mass is 10.1. The maximum absolute atomic E-state index is 14.0. The summed E-state index contributed by atoms with van der Waals surface area (Å²) in [6.07, 6.45) is 4.17. The summed E-state index contributed by atoms with van der Waals surface area (Å²) in [4.78, 5) is 45.4. The number of carboxylic acids is 1. The molecule has 1 unspecified atom stereocenters. The molecule has 0 spiro atoms. The lowest BCUT2D eigenvalue weighted by Gasteiger charge is -2.29. The van der Waals surface area contributed by atoms with Crippen LogP contribution in [0.25, 0.3) is 21.7 Å². The zero-order chi connectivity index (χ0) is 27.9. The number of rotatable bonds is 8. The Bertz CT molecular complexity index is 1630. The van der Waals surface area contributed by atoms with Gasteiger partial charge in [0.15, 0.2) is 6.29 Å². The summed E-state index contributed by atoms with van der Waals surface area (Å²) >= 11 is 7.80. The van der Waals surface area contributed by atoms with Gasteiger partial charge in [-0.25, -0.2) is 19.1 Å². The minimum atomic E-state index is -1.85. The number of carbonyl (C=O) groups is 1. The summed E-state index contributed by atoms with van der Waals surface area (Å²) in [5, 5.41) is 10.6. The molecule has 1 N–H and O–H groups in total. The standard InChI is InChI=1S/C27H28ClN3O7S/c1-15-20(22-29-11-13-37-22)21-23(32)31(27(2,3)25(33)34)26(35)30(24(21)39-15)14-18(16-8-4-5-9-17(16)28)38-19-10-6-7-12-36-19/h4-5,8-9,11,13,18-19H,6-7,10,12,14H2,1-3H3,(H,33,34)/t18-,19?/m0/s1. The molecule has 1 aromatic carbocycles. The number of nitrogens with zero attached hydrogens (tertiary/aromatic N) is 3. The Hall–Kier alpha value is -3.25. The first-order valence-electron chi connectivity index (χ1n) is 12.6. The second-order valence-corrected chi connectivity index (χ2v) is 11.5. The molecular formula is C27H28ClN3O7S. The zero-order valence-corrected chi connectivity index (χ0v) is 23.3. The van der Waals surface area contributed by atoms with Gasteiger partial charge >= 0.3 is 11.7 Å². The maximum atomic E-state index is 14.0. The van der Waals surface area contributed by atoms with E-state index in [2.05, 4.69) is 4.98 Å². The van der Waals surface area contributed by atoms with Crippen LogP contribution in [0.15, 0.2) is 50.7 Å². The number of aryl methyl sites for hydroxylation is 1. The molecule has 3 aromatic heterocycles. The first-order valence-corrected chi connectivity index (χ1v) is 13.7. The van der Waals surface area contributed by atoms with Crippen LogP contribution in [-0.4, -0.2) is 38.1 Å². The third kappa shape index (κ3) is 4.95. The van der Waals surface area contributed by atoms with Crippen molar-refractivity contribution in [3.8, 4) is 11.5 Å². The molecule has 10 nitrogen and oxygen atoms in total. The third-order valence-electron chi connectivity index (χ3n) is 6.93. The molecule has 1 aliphatic rings. The van der Waals surface area contributed by atoms with Gasteiger partial charge in [-0.05, 0) is 46.1 Å². The van der Waals surface area contributed by atoms with Crippen molar-refractivity contribution >= 4 is 39.1 Å². The number of aliphatic carboxylic acids is 1. The highest BCUT2D eigenvalue weighted by Gasteiger charge is 2.36. The molecule has 0 amide bonds. The molecule has 4 aromatic rings. The zero-order valence-electron chi connectivity index (χ0n) is 21.7. The van der Waals surface area contributed by atoms with Gasteiger partial charge in [0.25, 0.3) is 5.56 Å². The number of aromatic nitrogens is 3. The van der Waals surface area contributed by atoms with Gasteiger partial charge in [-0.1, -0.05) is 29.8 Å². The van der Waals surface area contributed by atoms with Gasteiger partial charge < -0.3 is 19.0 Å². The minimum Gasteiger partial charge on any atom is -0.480 e. The van der Waals surface area contributed by atoms with Crippen molar-refractivity contribution in [1.82, 2.24) is 14.1 Å². The van der Waals surface area contributed by atoms with Crippen molar-refractivity contribution in [2.75, 3.05) is 6.61 Å². The second kappa shape index (κ2) is 10.7. The molecule has 12 heteroatoms. The van der Waals surface area contributed by atoms with Gasteiger partial charge in [0.2, 0.25) is 5.89 Å². The van der Waals surface area contributed by atoms with E-state index in [-0.39, 0.29) is 17.8 Å². The van der Waals surface area contributed by atoms with Gasteiger partial charge in [0, 0.05) is 22.1 Å². The molecule has 1 saturated heterocycles. The van der Waals surface area contributed by atoms with Crippen molar-refractivity contribution in [2.45, 2.75) is 64.5 Å². The first-order chi connectivity index (χ1) is 18.6. The fraction of sp³-hybridized carbons (Fsp3) is 0.407. The smallest absolute Gasteiger partial charge is 0.333 e. The van der Waals surface area contributed by atoms with Crippen LogP contribution in [0, 0.1) is 6.92 Å².